The molecule has 6 nitrogen and oxygen atoms in total. The minimum Gasteiger partial charge on any atom is -0.383 e. The van der Waals surface area contributed by atoms with Gasteiger partial charge in [-0.1, -0.05) is 19.4 Å². The van der Waals surface area contributed by atoms with E-state index in [9.17, 15) is 9.59 Å². The van der Waals surface area contributed by atoms with Crippen molar-refractivity contribution in [2.24, 2.45) is 5.73 Å². The van der Waals surface area contributed by atoms with Crippen molar-refractivity contribution in [2.45, 2.75) is 44.1 Å². The summed E-state index contributed by atoms with van der Waals surface area (Å²) in [5.41, 5.74) is 12.1. The summed E-state index contributed by atoms with van der Waals surface area (Å²) in [5, 5.41) is 2.96. The Hall–Kier alpha value is -2.37. The molecule has 1 aliphatic rings. The minimum atomic E-state index is -0.575. The smallest absolute Gasteiger partial charge is 0.252 e. The number of primary amides is 1. The Morgan fingerprint density at radius 3 is 2.68 bits per heavy atom. The summed E-state index contributed by atoms with van der Waals surface area (Å²) in [7, 11) is 0. The first-order valence-electron chi connectivity index (χ1n) is 7.50. The SMILES string of the molecule is C=CC(=O)N[C@@H]1CCCCC(c2ccc(C(N)=O)c(N)n2)C1. The predicted octanol–water partition coefficient (Wildman–Crippen LogP) is 1.48. The van der Waals surface area contributed by atoms with Gasteiger partial charge in [0.05, 0.1) is 5.56 Å². The number of nitrogens with zero attached hydrogens (tertiary/aromatic N) is 1. The average Bonchev–Trinajstić information content (AvgIpc) is 2.72. The van der Waals surface area contributed by atoms with Gasteiger partial charge in [-0.2, -0.15) is 0 Å². The van der Waals surface area contributed by atoms with Gasteiger partial charge in [-0.25, -0.2) is 4.98 Å². The number of anilines is 1. The summed E-state index contributed by atoms with van der Waals surface area (Å²) in [4.78, 5) is 27.0. The van der Waals surface area contributed by atoms with Crippen LogP contribution in [0, 0.1) is 0 Å². The van der Waals surface area contributed by atoms with E-state index < -0.39 is 5.91 Å². The molecule has 118 valence electrons. The van der Waals surface area contributed by atoms with E-state index >= 15 is 0 Å². The van der Waals surface area contributed by atoms with Crippen molar-refractivity contribution in [3.63, 3.8) is 0 Å². The van der Waals surface area contributed by atoms with E-state index in [1.807, 2.05) is 0 Å². The Morgan fingerprint density at radius 2 is 2.05 bits per heavy atom. The molecule has 1 aliphatic carbocycles. The van der Waals surface area contributed by atoms with Crippen LogP contribution >= 0.6 is 0 Å². The van der Waals surface area contributed by atoms with Gasteiger partial charge in [0.1, 0.15) is 5.82 Å². The molecule has 1 heterocycles. The zero-order valence-electron chi connectivity index (χ0n) is 12.5. The highest BCUT2D eigenvalue weighted by Gasteiger charge is 2.24. The molecule has 0 bridgehead atoms. The van der Waals surface area contributed by atoms with E-state index in [0.717, 1.165) is 37.8 Å². The van der Waals surface area contributed by atoms with Crippen LogP contribution < -0.4 is 16.8 Å². The van der Waals surface area contributed by atoms with Crippen LogP contribution in [0.1, 0.15) is 54.1 Å². The number of hydrogen-bond donors (Lipinski definition) is 3. The van der Waals surface area contributed by atoms with Gasteiger partial charge in [-0.05, 0) is 37.5 Å². The third-order valence-electron chi connectivity index (χ3n) is 4.09. The normalized spacial score (nSPS) is 21.6. The molecule has 0 spiro atoms. The quantitative estimate of drug-likeness (QED) is 0.577. The van der Waals surface area contributed by atoms with Crippen LogP contribution in [0.5, 0.6) is 0 Å². The highest BCUT2D eigenvalue weighted by atomic mass is 16.1. The van der Waals surface area contributed by atoms with Gasteiger partial charge in [0, 0.05) is 17.7 Å². The Balaban J connectivity index is 2.15. The highest BCUT2D eigenvalue weighted by Crippen LogP contribution is 2.31. The summed E-state index contributed by atoms with van der Waals surface area (Å²) in [5.74, 6) is -0.349. The zero-order chi connectivity index (χ0) is 16.1. The first-order valence-corrected chi connectivity index (χ1v) is 7.50. The van der Waals surface area contributed by atoms with E-state index in [1.165, 1.54) is 6.08 Å². The monoisotopic (exact) mass is 302 g/mol. The van der Waals surface area contributed by atoms with Crippen molar-refractivity contribution >= 4 is 17.6 Å². The number of amides is 2. The van der Waals surface area contributed by atoms with Crippen molar-refractivity contribution in [2.75, 3.05) is 5.73 Å². The number of nitrogen functional groups attached to an aromatic ring is 1. The third-order valence-corrected chi connectivity index (χ3v) is 4.09. The minimum absolute atomic E-state index is 0.108. The molecule has 5 N–H and O–H groups in total. The topological polar surface area (TPSA) is 111 Å². The summed E-state index contributed by atoms with van der Waals surface area (Å²) in [6.45, 7) is 3.48. The van der Waals surface area contributed by atoms with Crippen molar-refractivity contribution < 1.29 is 9.59 Å². The fourth-order valence-corrected chi connectivity index (χ4v) is 2.95. The molecule has 1 fully saturated rings. The van der Waals surface area contributed by atoms with E-state index in [1.54, 1.807) is 12.1 Å². The van der Waals surface area contributed by atoms with Gasteiger partial charge < -0.3 is 16.8 Å². The molecular weight excluding hydrogens is 280 g/mol. The second-order valence-electron chi connectivity index (χ2n) is 5.66. The lowest BCUT2D eigenvalue weighted by molar-refractivity contribution is -0.117. The first kappa shape index (κ1) is 16.0. The Morgan fingerprint density at radius 1 is 1.32 bits per heavy atom. The largest absolute Gasteiger partial charge is 0.383 e. The fraction of sp³-hybridized carbons (Fsp3) is 0.438. The second-order valence-corrected chi connectivity index (χ2v) is 5.66. The van der Waals surface area contributed by atoms with E-state index in [2.05, 4.69) is 16.9 Å². The van der Waals surface area contributed by atoms with Gasteiger partial charge in [-0.15, -0.1) is 0 Å². The zero-order valence-corrected chi connectivity index (χ0v) is 12.5. The molecule has 2 atom stereocenters. The number of carbonyl (C=O) groups is 2. The van der Waals surface area contributed by atoms with Gasteiger partial charge in [0.15, 0.2) is 0 Å². The molecular formula is C16H22N4O2. The van der Waals surface area contributed by atoms with Gasteiger partial charge in [0.2, 0.25) is 5.91 Å². The lowest BCUT2D eigenvalue weighted by Gasteiger charge is -2.20. The molecule has 1 aromatic rings. The number of pyridine rings is 1. The lowest BCUT2D eigenvalue weighted by Crippen LogP contribution is -2.34. The van der Waals surface area contributed by atoms with Crippen LogP contribution in [0.4, 0.5) is 5.82 Å². The standard InChI is InChI=1S/C16H22N4O2/c1-2-14(21)19-11-6-4-3-5-10(9-11)13-8-7-12(16(18)22)15(17)20-13/h2,7-8,10-11H,1,3-6,9H2,(H2,17,20)(H2,18,22)(H,19,21)/t10?,11-/m1/s1. The van der Waals surface area contributed by atoms with Crippen LogP contribution in [0.25, 0.3) is 0 Å². The molecule has 1 saturated carbocycles. The van der Waals surface area contributed by atoms with Crippen molar-refractivity contribution in [1.29, 1.82) is 0 Å². The van der Waals surface area contributed by atoms with Crippen molar-refractivity contribution in [1.82, 2.24) is 10.3 Å². The average molecular weight is 302 g/mol. The molecule has 0 aliphatic heterocycles. The highest BCUT2D eigenvalue weighted by molar-refractivity contribution is 5.97. The van der Waals surface area contributed by atoms with E-state index in [4.69, 9.17) is 11.5 Å². The van der Waals surface area contributed by atoms with Crippen LogP contribution in [0.15, 0.2) is 24.8 Å². The van der Waals surface area contributed by atoms with Crippen molar-refractivity contribution in [3.05, 3.63) is 36.0 Å². The molecule has 2 rings (SSSR count). The second kappa shape index (κ2) is 7.06. The van der Waals surface area contributed by atoms with Crippen LogP contribution in [0.3, 0.4) is 0 Å². The number of rotatable bonds is 4. The molecule has 1 aromatic heterocycles. The Kier molecular flexibility index (Phi) is 5.14. The molecule has 1 unspecified atom stereocenters. The fourth-order valence-electron chi connectivity index (χ4n) is 2.95. The molecule has 0 aromatic carbocycles. The molecule has 6 heteroatoms. The van der Waals surface area contributed by atoms with Gasteiger partial charge in [-0.3, -0.25) is 9.59 Å². The third kappa shape index (κ3) is 3.84. The number of nitrogens with one attached hydrogen (secondary N) is 1. The molecule has 2 amide bonds. The van der Waals surface area contributed by atoms with E-state index in [-0.39, 0.29) is 29.2 Å². The van der Waals surface area contributed by atoms with Crippen LogP contribution in [-0.4, -0.2) is 22.8 Å². The van der Waals surface area contributed by atoms with E-state index in [0.29, 0.717) is 0 Å². The number of aromatic nitrogens is 1. The Labute approximate surface area is 130 Å². The number of hydrogen-bond acceptors (Lipinski definition) is 4. The Bertz CT molecular complexity index is 586. The maximum Gasteiger partial charge on any atom is 0.252 e. The maximum atomic E-state index is 11.5. The lowest BCUT2D eigenvalue weighted by atomic mass is 9.93. The van der Waals surface area contributed by atoms with Crippen LogP contribution in [0.2, 0.25) is 0 Å². The summed E-state index contributed by atoms with van der Waals surface area (Å²) in [6.07, 6.45) is 6.17. The summed E-state index contributed by atoms with van der Waals surface area (Å²) < 4.78 is 0. The van der Waals surface area contributed by atoms with Gasteiger partial charge in [0.25, 0.3) is 5.91 Å². The van der Waals surface area contributed by atoms with Crippen LogP contribution in [-0.2, 0) is 4.79 Å². The molecule has 0 saturated heterocycles. The number of carbonyl (C=O) groups excluding carboxylic acids is 2. The molecule has 22 heavy (non-hydrogen) atoms. The summed E-state index contributed by atoms with van der Waals surface area (Å²) >= 11 is 0. The van der Waals surface area contributed by atoms with Crippen molar-refractivity contribution in [3.8, 4) is 0 Å². The predicted molar refractivity (Wildman–Crippen MR) is 85.1 cm³/mol. The first-order chi connectivity index (χ1) is 10.5. The molecule has 0 radical (unpaired) electrons. The summed E-state index contributed by atoms with van der Waals surface area (Å²) in [6, 6.07) is 3.54. The maximum absolute atomic E-state index is 11.5. The van der Waals surface area contributed by atoms with Gasteiger partial charge >= 0.3 is 0 Å². The number of nitrogens with two attached hydrogens (primary N) is 2.